The number of nitrogens with one attached hydrogen (secondary N) is 1. The molecule has 0 atom stereocenters. The van der Waals surface area contributed by atoms with Gasteiger partial charge in [0.2, 0.25) is 0 Å². The Balaban J connectivity index is 1.72. The molecule has 14 heavy (non-hydrogen) atoms. The van der Waals surface area contributed by atoms with Gasteiger partial charge in [0.25, 0.3) is 0 Å². The highest BCUT2D eigenvalue weighted by molar-refractivity contribution is 4.83. The van der Waals surface area contributed by atoms with Crippen molar-refractivity contribution in [1.29, 1.82) is 0 Å². The largest absolute Gasteiger partial charge is 0.313 e. The molecule has 0 radical (unpaired) electrons. The van der Waals surface area contributed by atoms with E-state index >= 15 is 0 Å². The zero-order chi connectivity index (χ0) is 9.86. The Bertz CT molecular complexity index is 164. The lowest BCUT2D eigenvalue weighted by atomic mass is 9.75. The Morgan fingerprint density at radius 2 is 1.64 bits per heavy atom. The lowest BCUT2D eigenvalue weighted by molar-refractivity contribution is 0.200. The van der Waals surface area contributed by atoms with Crippen molar-refractivity contribution in [3.8, 4) is 0 Å². The SMILES string of the molecule is CC1(CNC2CCCC2)CCCCC1. The summed E-state index contributed by atoms with van der Waals surface area (Å²) in [4.78, 5) is 0. The predicted molar refractivity (Wildman–Crippen MR) is 61.5 cm³/mol. The molecule has 2 rings (SSSR count). The lowest BCUT2D eigenvalue weighted by Crippen LogP contribution is -2.38. The summed E-state index contributed by atoms with van der Waals surface area (Å²) in [6.07, 6.45) is 13.1. The van der Waals surface area contributed by atoms with Gasteiger partial charge in [-0.25, -0.2) is 0 Å². The van der Waals surface area contributed by atoms with Crippen molar-refractivity contribution in [3.63, 3.8) is 0 Å². The average molecular weight is 195 g/mol. The number of hydrogen-bond acceptors (Lipinski definition) is 1. The summed E-state index contributed by atoms with van der Waals surface area (Å²) < 4.78 is 0. The molecule has 0 aromatic rings. The van der Waals surface area contributed by atoms with Crippen molar-refractivity contribution in [3.05, 3.63) is 0 Å². The van der Waals surface area contributed by atoms with E-state index in [9.17, 15) is 0 Å². The van der Waals surface area contributed by atoms with E-state index in [0.29, 0.717) is 5.41 Å². The van der Waals surface area contributed by atoms with Crippen LogP contribution in [0.3, 0.4) is 0 Å². The van der Waals surface area contributed by atoms with Crippen LogP contribution in [0, 0.1) is 5.41 Å². The third-order valence-electron chi connectivity index (χ3n) is 4.23. The minimum atomic E-state index is 0.626. The van der Waals surface area contributed by atoms with Crippen LogP contribution in [0.2, 0.25) is 0 Å². The molecule has 82 valence electrons. The molecule has 1 heteroatoms. The molecular weight excluding hydrogens is 170 g/mol. The normalized spacial score (nSPS) is 28.1. The first-order valence-corrected chi connectivity index (χ1v) is 6.52. The molecular formula is C13H25N. The van der Waals surface area contributed by atoms with Gasteiger partial charge in [0, 0.05) is 12.6 Å². The lowest BCUT2D eigenvalue weighted by Gasteiger charge is -2.34. The quantitative estimate of drug-likeness (QED) is 0.727. The second kappa shape index (κ2) is 4.65. The van der Waals surface area contributed by atoms with Gasteiger partial charge in [-0.2, -0.15) is 0 Å². The van der Waals surface area contributed by atoms with Crippen molar-refractivity contribution in [2.45, 2.75) is 70.8 Å². The van der Waals surface area contributed by atoms with E-state index in [1.165, 1.54) is 64.3 Å². The van der Waals surface area contributed by atoms with E-state index in [1.54, 1.807) is 0 Å². The van der Waals surface area contributed by atoms with Crippen LogP contribution < -0.4 is 5.32 Å². The van der Waals surface area contributed by atoms with Crippen LogP contribution in [0.15, 0.2) is 0 Å². The smallest absolute Gasteiger partial charge is 0.00672 e. The first-order chi connectivity index (χ1) is 6.79. The highest BCUT2D eigenvalue weighted by Gasteiger charge is 2.27. The first kappa shape index (κ1) is 10.5. The fourth-order valence-electron chi connectivity index (χ4n) is 3.10. The van der Waals surface area contributed by atoms with Crippen LogP contribution in [0.4, 0.5) is 0 Å². The van der Waals surface area contributed by atoms with Crippen LogP contribution in [-0.2, 0) is 0 Å². The van der Waals surface area contributed by atoms with Crippen molar-refractivity contribution >= 4 is 0 Å². The summed E-state index contributed by atoms with van der Waals surface area (Å²) in [5, 5.41) is 3.79. The molecule has 0 spiro atoms. The van der Waals surface area contributed by atoms with Gasteiger partial charge in [-0.3, -0.25) is 0 Å². The van der Waals surface area contributed by atoms with Gasteiger partial charge >= 0.3 is 0 Å². The fourth-order valence-corrected chi connectivity index (χ4v) is 3.10. The van der Waals surface area contributed by atoms with Crippen LogP contribution in [0.5, 0.6) is 0 Å². The van der Waals surface area contributed by atoms with Crippen LogP contribution >= 0.6 is 0 Å². The minimum Gasteiger partial charge on any atom is -0.313 e. The van der Waals surface area contributed by atoms with E-state index in [1.807, 2.05) is 0 Å². The minimum absolute atomic E-state index is 0.626. The highest BCUT2D eigenvalue weighted by Crippen LogP contribution is 2.35. The van der Waals surface area contributed by atoms with Gasteiger partial charge in [-0.1, -0.05) is 39.0 Å². The van der Waals surface area contributed by atoms with E-state index in [0.717, 1.165) is 6.04 Å². The highest BCUT2D eigenvalue weighted by atomic mass is 14.9. The number of rotatable bonds is 3. The van der Waals surface area contributed by atoms with Gasteiger partial charge in [0.1, 0.15) is 0 Å². The standard InChI is InChI=1S/C13H25N/c1-13(9-5-2-6-10-13)11-14-12-7-3-4-8-12/h12,14H,2-11H2,1H3. The van der Waals surface area contributed by atoms with Crippen molar-refractivity contribution in [2.75, 3.05) is 6.54 Å². The van der Waals surface area contributed by atoms with Crippen LogP contribution in [-0.4, -0.2) is 12.6 Å². The van der Waals surface area contributed by atoms with Gasteiger partial charge in [0.05, 0.1) is 0 Å². The molecule has 0 aliphatic heterocycles. The molecule has 0 bridgehead atoms. The van der Waals surface area contributed by atoms with Crippen molar-refractivity contribution < 1.29 is 0 Å². The summed E-state index contributed by atoms with van der Waals surface area (Å²) in [5.41, 5.74) is 0.626. The van der Waals surface area contributed by atoms with Crippen molar-refractivity contribution in [2.24, 2.45) is 5.41 Å². The zero-order valence-corrected chi connectivity index (χ0v) is 9.65. The molecule has 1 nitrogen and oxygen atoms in total. The maximum absolute atomic E-state index is 3.79. The third-order valence-corrected chi connectivity index (χ3v) is 4.23. The molecule has 0 saturated heterocycles. The summed E-state index contributed by atoms with van der Waals surface area (Å²) in [5.74, 6) is 0. The Labute approximate surface area is 88.7 Å². The first-order valence-electron chi connectivity index (χ1n) is 6.52. The second-order valence-corrected chi connectivity index (χ2v) is 5.73. The average Bonchev–Trinajstić information content (AvgIpc) is 2.69. The topological polar surface area (TPSA) is 12.0 Å². The van der Waals surface area contributed by atoms with Crippen LogP contribution in [0.1, 0.15) is 64.7 Å². The van der Waals surface area contributed by atoms with Gasteiger partial charge in [0.15, 0.2) is 0 Å². The summed E-state index contributed by atoms with van der Waals surface area (Å²) >= 11 is 0. The molecule has 2 saturated carbocycles. The number of hydrogen-bond donors (Lipinski definition) is 1. The summed E-state index contributed by atoms with van der Waals surface area (Å²) in [6.45, 7) is 3.76. The Hall–Kier alpha value is -0.0400. The van der Waals surface area contributed by atoms with E-state index < -0.39 is 0 Å². The zero-order valence-electron chi connectivity index (χ0n) is 9.65. The molecule has 0 aromatic heterocycles. The molecule has 2 aliphatic carbocycles. The van der Waals surface area contributed by atoms with Gasteiger partial charge in [-0.05, 0) is 31.1 Å². The Kier molecular flexibility index (Phi) is 3.48. The Morgan fingerprint density at radius 1 is 1.00 bits per heavy atom. The van der Waals surface area contributed by atoms with E-state index in [4.69, 9.17) is 0 Å². The summed E-state index contributed by atoms with van der Waals surface area (Å²) in [7, 11) is 0. The molecule has 1 N–H and O–H groups in total. The Morgan fingerprint density at radius 3 is 2.29 bits per heavy atom. The second-order valence-electron chi connectivity index (χ2n) is 5.73. The molecule has 0 aromatic carbocycles. The molecule has 0 unspecified atom stereocenters. The van der Waals surface area contributed by atoms with Gasteiger partial charge < -0.3 is 5.32 Å². The maximum Gasteiger partial charge on any atom is 0.00672 e. The fraction of sp³-hybridized carbons (Fsp3) is 1.00. The molecule has 0 heterocycles. The maximum atomic E-state index is 3.79. The summed E-state index contributed by atoms with van der Waals surface area (Å²) in [6, 6.07) is 0.855. The monoisotopic (exact) mass is 195 g/mol. The third kappa shape index (κ3) is 2.73. The van der Waals surface area contributed by atoms with E-state index in [2.05, 4.69) is 12.2 Å². The predicted octanol–water partition coefficient (Wildman–Crippen LogP) is 3.49. The van der Waals surface area contributed by atoms with E-state index in [-0.39, 0.29) is 0 Å². The molecule has 2 fully saturated rings. The van der Waals surface area contributed by atoms with Gasteiger partial charge in [-0.15, -0.1) is 0 Å². The molecule has 2 aliphatic rings. The van der Waals surface area contributed by atoms with Crippen molar-refractivity contribution in [1.82, 2.24) is 5.32 Å². The van der Waals surface area contributed by atoms with Crippen LogP contribution in [0.25, 0.3) is 0 Å². The molecule has 0 amide bonds.